The number of imidazole rings is 1. The van der Waals surface area contributed by atoms with E-state index in [0.29, 0.717) is 17.1 Å². The molecule has 0 aliphatic carbocycles. The highest BCUT2D eigenvalue weighted by Gasteiger charge is 2.22. The number of nitrogens with one attached hydrogen (secondary N) is 2. The van der Waals surface area contributed by atoms with Gasteiger partial charge in [0.25, 0.3) is 5.91 Å². The molecule has 1 aliphatic heterocycles. The Bertz CT molecular complexity index is 769. The van der Waals surface area contributed by atoms with Gasteiger partial charge in [0.2, 0.25) is 12.5 Å². The van der Waals surface area contributed by atoms with E-state index in [9.17, 15) is 14.9 Å². The molecule has 0 fully saturated rings. The lowest BCUT2D eigenvalue weighted by molar-refractivity contribution is -0.389. The minimum absolute atomic E-state index is 0.162. The van der Waals surface area contributed by atoms with Crippen LogP contribution in [0.1, 0.15) is 16.1 Å². The number of hydrazone groups is 1. The Morgan fingerprint density at radius 3 is 3.09 bits per heavy atom. The van der Waals surface area contributed by atoms with Gasteiger partial charge in [0, 0.05) is 0 Å². The van der Waals surface area contributed by atoms with Gasteiger partial charge in [-0.05, 0) is 28.7 Å². The van der Waals surface area contributed by atoms with Crippen LogP contribution in [0.5, 0.6) is 11.5 Å². The number of aromatic nitrogens is 2. The Kier molecular flexibility index (Phi) is 3.40. The van der Waals surface area contributed by atoms with Crippen LogP contribution in [-0.2, 0) is 0 Å². The normalized spacial score (nSPS) is 12.5. The highest BCUT2D eigenvalue weighted by Crippen LogP contribution is 2.31. The molecular formula is C12H9N5O5. The summed E-state index contributed by atoms with van der Waals surface area (Å²) >= 11 is 0. The van der Waals surface area contributed by atoms with Crippen molar-refractivity contribution in [2.45, 2.75) is 0 Å². The predicted octanol–water partition coefficient (Wildman–Crippen LogP) is 0.810. The van der Waals surface area contributed by atoms with E-state index in [1.54, 1.807) is 18.2 Å². The van der Waals surface area contributed by atoms with Crippen molar-refractivity contribution >= 4 is 17.9 Å². The number of benzene rings is 1. The van der Waals surface area contributed by atoms with E-state index in [-0.39, 0.29) is 12.5 Å². The number of rotatable bonds is 4. The molecule has 1 aromatic carbocycles. The van der Waals surface area contributed by atoms with Crippen molar-refractivity contribution in [2.75, 3.05) is 6.79 Å². The molecule has 0 saturated heterocycles. The number of carbonyl (C=O) groups excluding carboxylic acids is 1. The Hall–Kier alpha value is -3.43. The summed E-state index contributed by atoms with van der Waals surface area (Å²) in [6, 6.07) is 5.12. The van der Waals surface area contributed by atoms with Crippen LogP contribution in [0.25, 0.3) is 0 Å². The first-order valence-corrected chi connectivity index (χ1v) is 6.06. The first-order chi connectivity index (χ1) is 10.6. The lowest BCUT2D eigenvalue weighted by atomic mass is 10.2. The van der Waals surface area contributed by atoms with Crippen LogP contribution in [0.4, 0.5) is 5.82 Å². The largest absolute Gasteiger partial charge is 0.454 e. The number of hydrogen-bond acceptors (Lipinski definition) is 7. The zero-order chi connectivity index (χ0) is 15.5. The number of ether oxygens (including phenoxy) is 2. The quantitative estimate of drug-likeness (QED) is 0.488. The van der Waals surface area contributed by atoms with Gasteiger partial charge in [-0.3, -0.25) is 4.79 Å². The molecule has 1 aromatic heterocycles. The van der Waals surface area contributed by atoms with Crippen molar-refractivity contribution in [3.63, 3.8) is 0 Å². The second-order valence-corrected chi connectivity index (χ2v) is 4.17. The van der Waals surface area contributed by atoms with Crippen molar-refractivity contribution in [2.24, 2.45) is 5.10 Å². The van der Waals surface area contributed by atoms with Crippen LogP contribution in [-0.4, -0.2) is 33.8 Å². The molecule has 10 nitrogen and oxygen atoms in total. The van der Waals surface area contributed by atoms with Gasteiger partial charge >= 0.3 is 5.82 Å². The number of amides is 1. The number of aromatic amines is 1. The van der Waals surface area contributed by atoms with Crippen molar-refractivity contribution < 1.29 is 19.2 Å². The molecule has 2 heterocycles. The van der Waals surface area contributed by atoms with Gasteiger partial charge in [-0.15, -0.1) is 0 Å². The monoisotopic (exact) mass is 303 g/mol. The average Bonchev–Trinajstić information content (AvgIpc) is 3.15. The standard InChI is InChI=1S/C12H9N5O5/c18-12(10-11(17(19)20)14-5-13-10)16-15-4-7-1-2-8-9(3-7)22-6-21-8/h1-5H,6H2,(H,13,14)(H,16,18)/b15-4+. The fraction of sp³-hybridized carbons (Fsp3) is 0.0833. The third-order valence-electron chi connectivity index (χ3n) is 2.79. The molecule has 2 aromatic rings. The Morgan fingerprint density at radius 1 is 1.45 bits per heavy atom. The molecule has 1 aliphatic rings. The van der Waals surface area contributed by atoms with Gasteiger partial charge in [-0.25, -0.2) is 15.4 Å². The zero-order valence-electron chi connectivity index (χ0n) is 11.0. The van der Waals surface area contributed by atoms with E-state index in [2.05, 4.69) is 20.5 Å². The Balaban J connectivity index is 1.68. The fourth-order valence-electron chi connectivity index (χ4n) is 1.80. The van der Waals surface area contributed by atoms with E-state index in [0.717, 1.165) is 6.33 Å². The summed E-state index contributed by atoms with van der Waals surface area (Å²) < 4.78 is 10.4. The molecule has 0 bridgehead atoms. The summed E-state index contributed by atoms with van der Waals surface area (Å²) in [5.41, 5.74) is 2.50. The molecular weight excluding hydrogens is 294 g/mol. The molecule has 1 amide bonds. The van der Waals surface area contributed by atoms with Crippen LogP contribution < -0.4 is 14.9 Å². The maximum Gasteiger partial charge on any atom is 0.353 e. The molecule has 0 radical (unpaired) electrons. The van der Waals surface area contributed by atoms with Crippen LogP contribution in [0.15, 0.2) is 29.6 Å². The van der Waals surface area contributed by atoms with Crippen LogP contribution in [0.2, 0.25) is 0 Å². The number of hydrogen-bond donors (Lipinski definition) is 2. The van der Waals surface area contributed by atoms with Crippen LogP contribution in [0.3, 0.4) is 0 Å². The van der Waals surface area contributed by atoms with Crippen molar-refractivity contribution in [3.05, 3.63) is 45.9 Å². The van der Waals surface area contributed by atoms with E-state index < -0.39 is 16.6 Å². The maximum absolute atomic E-state index is 11.8. The highest BCUT2D eigenvalue weighted by atomic mass is 16.7. The SMILES string of the molecule is O=C(N/N=C/c1ccc2c(c1)OCO2)c1nc[nH]c1[N+](=O)[O-]. The number of H-pyrrole nitrogens is 1. The predicted molar refractivity (Wildman–Crippen MR) is 72.9 cm³/mol. The molecule has 22 heavy (non-hydrogen) atoms. The van der Waals surface area contributed by atoms with E-state index in [1.807, 2.05) is 0 Å². The second kappa shape index (κ2) is 5.52. The summed E-state index contributed by atoms with van der Waals surface area (Å²) in [6.07, 6.45) is 2.44. The van der Waals surface area contributed by atoms with E-state index >= 15 is 0 Å². The molecule has 10 heteroatoms. The number of fused-ring (bicyclic) bond motifs is 1. The Morgan fingerprint density at radius 2 is 2.27 bits per heavy atom. The zero-order valence-corrected chi connectivity index (χ0v) is 11.0. The topological polar surface area (TPSA) is 132 Å². The molecule has 0 atom stereocenters. The lowest BCUT2D eigenvalue weighted by Crippen LogP contribution is -2.19. The molecule has 3 rings (SSSR count). The van der Waals surface area contributed by atoms with Crippen molar-refractivity contribution in [1.29, 1.82) is 0 Å². The van der Waals surface area contributed by atoms with E-state index in [1.165, 1.54) is 6.21 Å². The number of nitro groups is 1. The third kappa shape index (κ3) is 2.57. The highest BCUT2D eigenvalue weighted by molar-refractivity contribution is 5.96. The smallest absolute Gasteiger partial charge is 0.353 e. The van der Waals surface area contributed by atoms with Gasteiger partial charge in [-0.2, -0.15) is 5.10 Å². The van der Waals surface area contributed by atoms with Crippen LogP contribution in [0, 0.1) is 10.1 Å². The molecule has 0 unspecified atom stereocenters. The van der Waals surface area contributed by atoms with Crippen molar-refractivity contribution in [3.8, 4) is 11.5 Å². The van der Waals surface area contributed by atoms with Gasteiger partial charge in [-0.1, -0.05) is 0 Å². The third-order valence-corrected chi connectivity index (χ3v) is 2.79. The van der Waals surface area contributed by atoms with Crippen LogP contribution >= 0.6 is 0 Å². The first-order valence-electron chi connectivity index (χ1n) is 6.06. The maximum atomic E-state index is 11.8. The van der Waals surface area contributed by atoms with Gasteiger partial charge in [0.1, 0.15) is 0 Å². The van der Waals surface area contributed by atoms with Gasteiger partial charge in [0.15, 0.2) is 17.8 Å². The first kappa shape index (κ1) is 13.5. The summed E-state index contributed by atoms with van der Waals surface area (Å²) in [5.74, 6) is -0.0627. The minimum Gasteiger partial charge on any atom is -0.454 e. The molecule has 2 N–H and O–H groups in total. The molecule has 112 valence electrons. The summed E-state index contributed by atoms with van der Waals surface area (Å²) in [7, 11) is 0. The van der Waals surface area contributed by atoms with Crippen molar-refractivity contribution in [1.82, 2.24) is 15.4 Å². The second-order valence-electron chi connectivity index (χ2n) is 4.17. The van der Waals surface area contributed by atoms with Gasteiger partial charge in [0.05, 0.1) is 6.21 Å². The number of carbonyl (C=O) groups is 1. The summed E-state index contributed by atoms with van der Waals surface area (Å²) in [6.45, 7) is 0.162. The summed E-state index contributed by atoms with van der Waals surface area (Å²) in [4.78, 5) is 27.6. The number of nitrogens with zero attached hydrogens (tertiary/aromatic N) is 3. The molecule has 0 spiro atoms. The lowest BCUT2D eigenvalue weighted by Gasteiger charge is -1.98. The minimum atomic E-state index is -0.787. The molecule has 0 saturated carbocycles. The Labute approximate surface area is 122 Å². The fourth-order valence-corrected chi connectivity index (χ4v) is 1.80. The summed E-state index contributed by atoms with van der Waals surface area (Å²) in [5, 5.41) is 14.4. The van der Waals surface area contributed by atoms with E-state index in [4.69, 9.17) is 9.47 Å². The van der Waals surface area contributed by atoms with Gasteiger partial charge < -0.3 is 19.6 Å². The average molecular weight is 303 g/mol.